The molecule has 0 saturated heterocycles. The molecule has 1 atom stereocenters. The van der Waals surface area contributed by atoms with Crippen molar-refractivity contribution in [3.05, 3.63) is 22.7 Å². The summed E-state index contributed by atoms with van der Waals surface area (Å²) >= 11 is 5.40. The first kappa shape index (κ1) is 12.2. The number of nitrogens with zero attached hydrogens (tertiary/aromatic N) is 2. The Bertz CT molecular complexity index is 356. The van der Waals surface area contributed by atoms with Crippen LogP contribution in [-0.2, 0) is 6.61 Å². The van der Waals surface area contributed by atoms with Crippen LogP contribution in [0.15, 0.2) is 6.20 Å². The van der Waals surface area contributed by atoms with E-state index in [0.29, 0.717) is 0 Å². The van der Waals surface area contributed by atoms with E-state index in [4.69, 9.17) is 16.7 Å². The van der Waals surface area contributed by atoms with Crippen molar-refractivity contribution in [1.29, 1.82) is 0 Å². The van der Waals surface area contributed by atoms with Crippen molar-refractivity contribution >= 4 is 11.6 Å². The van der Waals surface area contributed by atoms with Crippen molar-refractivity contribution in [2.45, 2.75) is 25.6 Å². The third kappa shape index (κ3) is 2.79. The largest absolute Gasteiger partial charge is 0.396 e. The minimum Gasteiger partial charge on any atom is -0.392 e. The summed E-state index contributed by atoms with van der Waals surface area (Å²) < 4.78 is 37.2. The molecule has 1 aromatic rings. The fourth-order valence-electron chi connectivity index (χ4n) is 1.05. The van der Waals surface area contributed by atoms with E-state index < -0.39 is 18.7 Å². The van der Waals surface area contributed by atoms with E-state index in [1.165, 1.54) is 0 Å². The Labute approximate surface area is 88.9 Å². The van der Waals surface area contributed by atoms with E-state index in [0.717, 1.165) is 13.1 Å². The Hall–Kier alpha value is -0.880. The summed E-state index contributed by atoms with van der Waals surface area (Å²) in [5.74, 6) is -1.78. The van der Waals surface area contributed by atoms with Crippen LogP contribution in [0.3, 0.4) is 0 Å². The molecule has 0 aliphatic heterocycles. The third-order valence-corrected chi connectivity index (χ3v) is 2.12. The topological polar surface area (TPSA) is 46.0 Å². The van der Waals surface area contributed by atoms with Gasteiger partial charge in [-0.25, -0.2) is 9.97 Å². The van der Waals surface area contributed by atoms with Crippen molar-refractivity contribution in [3.8, 4) is 0 Å². The first-order valence-electron chi connectivity index (χ1n) is 4.05. The van der Waals surface area contributed by atoms with Gasteiger partial charge >= 0.3 is 6.18 Å². The lowest BCUT2D eigenvalue weighted by Crippen LogP contribution is -2.20. The number of aliphatic hydroxyl groups excluding tert-OH is 1. The quantitative estimate of drug-likeness (QED) is 0.807. The van der Waals surface area contributed by atoms with Gasteiger partial charge in [-0.3, -0.25) is 0 Å². The Morgan fingerprint density at radius 3 is 2.60 bits per heavy atom. The smallest absolute Gasteiger partial charge is 0.392 e. The monoisotopic (exact) mass is 240 g/mol. The van der Waals surface area contributed by atoms with Gasteiger partial charge in [-0.15, -0.1) is 0 Å². The van der Waals surface area contributed by atoms with Crippen LogP contribution in [0.25, 0.3) is 0 Å². The maximum absolute atomic E-state index is 12.4. The van der Waals surface area contributed by atoms with E-state index in [2.05, 4.69) is 9.97 Å². The van der Waals surface area contributed by atoms with Gasteiger partial charge in [-0.05, 0) is 18.5 Å². The normalized spacial score (nSPS) is 14.0. The van der Waals surface area contributed by atoms with Gasteiger partial charge in [0.15, 0.2) is 0 Å². The highest BCUT2D eigenvalue weighted by Crippen LogP contribution is 2.34. The second-order valence-electron chi connectivity index (χ2n) is 2.97. The van der Waals surface area contributed by atoms with Crippen LogP contribution in [0, 0.1) is 0 Å². The average molecular weight is 241 g/mol. The lowest BCUT2D eigenvalue weighted by Gasteiger charge is -2.17. The van der Waals surface area contributed by atoms with Crippen molar-refractivity contribution in [2.24, 2.45) is 0 Å². The van der Waals surface area contributed by atoms with Gasteiger partial charge in [0, 0.05) is 11.8 Å². The van der Waals surface area contributed by atoms with Gasteiger partial charge in [-0.1, -0.05) is 0 Å². The molecular weight excluding hydrogens is 233 g/mol. The lowest BCUT2D eigenvalue weighted by molar-refractivity contribution is -0.147. The molecule has 1 unspecified atom stereocenters. The molecule has 7 heteroatoms. The Morgan fingerprint density at radius 2 is 2.13 bits per heavy atom. The van der Waals surface area contributed by atoms with Gasteiger partial charge in [0.1, 0.15) is 0 Å². The van der Waals surface area contributed by atoms with Crippen molar-refractivity contribution in [1.82, 2.24) is 9.97 Å². The molecule has 0 aliphatic rings. The SMILES string of the molecule is CC(c1nc(Cl)ncc1CO)C(F)(F)F. The average Bonchev–Trinajstić information content (AvgIpc) is 2.15. The first-order chi connectivity index (χ1) is 6.86. The molecule has 0 aromatic carbocycles. The standard InChI is InChI=1S/C8H8ClF3N2O/c1-4(8(10,11)12)6-5(3-15)2-13-7(9)14-6/h2,4,15H,3H2,1H3. The first-order valence-corrected chi connectivity index (χ1v) is 4.43. The van der Waals surface area contributed by atoms with Crippen molar-refractivity contribution < 1.29 is 18.3 Å². The molecule has 1 N–H and O–H groups in total. The summed E-state index contributed by atoms with van der Waals surface area (Å²) in [5, 5.41) is 8.57. The molecule has 0 amide bonds. The summed E-state index contributed by atoms with van der Waals surface area (Å²) in [6.07, 6.45) is -3.32. The molecule has 0 saturated carbocycles. The van der Waals surface area contributed by atoms with Crippen molar-refractivity contribution in [2.75, 3.05) is 0 Å². The van der Waals surface area contributed by atoms with Gasteiger partial charge < -0.3 is 5.11 Å². The van der Waals surface area contributed by atoms with Gasteiger partial charge in [0.2, 0.25) is 5.28 Å². The second kappa shape index (κ2) is 4.32. The Kier molecular flexibility index (Phi) is 3.51. The van der Waals surface area contributed by atoms with E-state index >= 15 is 0 Å². The predicted molar refractivity (Wildman–Crippen MR) is 47.4 cm³/mol. The number of hydrogen-bond donors (Lipinski definition) is 1. The molecular formula is C8H8ClF3N2O. The number of hydrogen-bond acceptors (Lipinski definition) is 3. The molecule has 0 radical (unpaired) electrons. The highest BCUT2D eigenvalue weighted by Gasteiger charge is 2.39. The zero-order chi connectivity index (χ0) is 11.6. The molecule has 0 aliphatic carbocycles. The van der Waals surface area contributed by atoms with Crippen LogP contribution in [0.5, 0.6) is 0 Å². The molecule has 0 fully saturated rings. The van der Waals surface area contributed by atoms with Gasteiger partial charge in [-0.2, -0.15) is 13.2 Å². The highest BCUT2D eigenvalue weighted by atomic mass is 35.5. The van der Waals surface area contributed by atoms with Crippen LogP contribution >= 0.6 is 11.6 Å². The molecule has 1 aromatic heterocycles. The van der Waals surface area contributed by atoms with E-state index in [1.54, 1.807) is 0 Å². The lowest BCUT2D eigenvalue weighted by atomic mass is 10.0. The zero-order valence-corrected chi connectivity index (χ0v) is 8.47. The number of aromatic nitrogens is 2. The number of aliphatic hydroxyl groups is 1. The molecule has 0 bridgehead atoms. The fourth-order valence-corrected chi connectivity index (χ4v) is 1.19. The minimum absolute atomic E-state index is 0.0317. The molecule has 1 rings (SSSR count). The summed E-state index contributed by atoms with van der Waals surface area (Å²) in [6.45, 7) is 0.407. The fraction of sp³-hybridized carbons (Fsp3) is 0.500. The van der Waals surface area contributed by atoms with Crippen LogP contribution in [0.1, 0.15) is 24.1 Å². The molecule has 1 heterocycles. The molecule has 0 spiro atoms. The van der Waals surface area contributed by atoms with Crippen LogP contribution in [0.4, 0.5) is 13.2 Å². The Balaban J connectivity index is 3.17. The van der Waals surface area contributed by atoms with E-state index in [-0.39, 0.29) is 16.5 Å². The maximum atomic E-state index is 12.4. The van der Waals surface area contributed by atoms with Gasteiger partial charge in [0.05, 0.1) is 18.2 Å². The second-order valence-corrected chi connectivity index (χ2v) is 3.31. The number of alkyl halides is 3. The zero-order valence-electron chi connectivity index (χ0n) is 7.72. The number of halogens is 4. The summed E-state index contributed by atoms with van der Waals surface area (Å²) in [5.41, 5.74) is -0.255. The number of rotatable bonds is 2. The molecule has 15 heavy (non-hydrogen) atoms. The van der Waals surface area contributed by atoms with Crippen LogP contribution in [0.2, 0.25) is 5.28 Å². The van der Waals surface area contributed by atoms with E-state index in [9.17, 15) is 13.2 Å². The highest BCUT2D eigenvalue weighted by molar-refractivity contribution is 6.28. The summed E-state index contributed by atoms with van der Waals surface area (Å²) in [6, 6.07) is 0. The van der Waals surface area contributed by atoms with Crippen LogP contribution < -0.4 is 0 Å². The van der Waals surface area contributed by atoms with Gasteiger partial charge in [0.25, 0.3) is 0 Å². The molecule has 3 nitrogen and oxygen atoms in total. The van der Waals surface area contributed by atoms with Crippen molar-refractivity contribution in [3.63, 3.8) is 0 Å². The Morgan fingerprint density at radius 1 is 1.53 bits per heavy atom. The van der Waals surface area contributed by atoms with Crippen LogP contribution in [-0.4, -0.2) is 21.3 Å². The molecule has 84 valence electrons. The summed E-state index contributed by atoms with van der Waals surface area (Å²) in [7, 11) is 0. The third-order valence-electron chi connectivity index (χ3n) is 1.94. The predicted octanol–water partition coefficient (Wildman–Crippen LogP) is 2.29. The minimum atomic E-state index is -4.42. The maximum Gasteiger partial charge on any atom is 0.396 e. The summed E-state index contributed by atoms with van der Waals surface area (Å²) in [4.78, 5) is 6.99. The van der Waals surface area contributed by atoms with E-state index in [1.807, 2.05) is 0 Å².